The van der Waals surface area contributed by atoms with Gasteiger partial charge in [0.25, 0.3) is 5.91 Å². The van der Waals surface area contributed by atoms with Crippen LogP contribution in [-0.2, 0) is 0 Å². The van der Waals surface area contributed by atoms with Gasteiger partial charge < -0.3 is 10.4 Å². The SMILES string of the molecule is O=C(Nc1ccc(F)cc1C(=O)O)c1ccc(-n2ccnc2)nn1. The number of anilines is 1. The predicted octanol–water partition coefficient (Wildman–Crippen LogP) is 1.75. The minimum Gasteiger partial charge on any atom is -0.478 e. The molecule has 2 heterocycles. The Morgan fingerprint density at radius 1 is 1.17 bits per heavy atom. The Balaban J connectivity index is 1.82. The van der Waals surface area contributed by atoms with Crippen molar-refractivity contribution in [3.8, 4) is 5.82 Å². The summed E-state index contributed by atoms with van der Waals surface area (Å²) in [6.07, 6.45) is 4.77. The Morgan fingerprint density at radius 3 is 2.62 bits per heavy atom. The van der Waals surface area contributed by atoms with Crippen molar-refractivity contribution in [2.24, 2.45) is 0 Å². The van der Waals surface area contributed by atoms with E-state index in [9.17, 15) is 14.0 Å². The van der Waals surface area contributed by atoms with Gasteiger partial charge in [0.05, 0.1) is 11.3 Å². The van der Waals surface area contributed by atoms with Gasteiger partial charge >= 0.3 is 5.97 Å². The molecule has 0 atom stereocenters. The van der Waals surface area contributed by atoms with Crippen molar-refractivity contribution in [2.45, 2.75) is 0 Å². The Kier molecular flexibility index (Phi) is 3.98. The number of aromatic carboxylic acids is 1. The van der Waals surface area contributed by atoms with Crippen LogP contribution in [0.1, 0.15) is 20.8 Å². The van der Waals surface area contributed by atoms with Crippen LogP contribution in [0.15, 0.2) is 49.1 Å². The summed E-state index contributed by atoms with van der Waals surface area (Å²) < 4.78 is 14.7. The average Bonchev–Trinajstić information content (AvgIpc) is 3.11. The van der Waals surface area contributed by atoms with Gasteiger partial charge in [-0.3, -0.25) is 9.36 Å². The van der Waals surface area contributed by atoms with Gasteiger partial charge in [0.2, 0.25) is 0 Å². The number of amides is 1. The Hall–Kier alpha value is -3.62. The lowest BCUT2D eigenvalue weighted by atomic mass is 10.1. The highest BCUT2D eigenvalue weighted by atomic mass is 19.1. The van der Waals surface area contributed by atoms with Gasteiger partial charge in [0.15, 0.2) is 11.5 Å². The summed E-state index contributed by atoms with van der Waals surface area (Å²) in [5.41, 5.74) is -0.403. The average molecular weight is 327 g/mol. The molecule has 2 aromatic heterocycles. The maximum absolute atomic E-state index is 13.1. The molecule has 0 radical (unpaired) electrons. The van der Waals surface area contributed by atoms with Crippen LogP contribution < -0.4 is 5.32 Å². The molecule has 0 unspecified atom stereocenters. The van der Waals surface area contributed by atoms with Gasteiger partial charge in [0.1, 0.15) is 12.1 Å². The van der Waals surface area contributed by atoms with Crippen LogP contribution in [0.4, 0.5) is 10.1 Å². The van der Waals surface area contributed by atoms with Crippen molar-refractivity contribution in [3.63, 3.8) is 0 Å². The molecule has 0 bridgehead atoms. The highest BCUT2D eigenvalue weighted by molar-refractivity contribution is 6.06. The highest BCUT2D eigenvalue weighted by Crippen LogP contribution is 2.18. The Bertz CT molecular complexity index is 894. The first kappa shape index (κ1) is 15.3. The second-order valence-corrected chi connectivity index (χ2v) is 4.70. The number of imidazole rings is 1. The van der Waals surface area contributed by atoms with E-state index < -0.39 is 17.7 Å². The molecule has 0 spiro atoms. The van der Waals surface area contributed by atoms with Gasteiger partial charge in [-0.15, -0.1) is 10.2 Å². The number of carbonyl (C=O) groups excluding carboxylic acids is 1. The largest absolute Gasteiger partial charge is 0.478 e. The molecule has 0 aliphatic carbocycles. The number of nitrogens with one attached hydrogen (secondary N) is 1. The zero-order chi connectivity index (χ0) is 17.1. The molecule has 2 N–H and O–H groups in total. The molecule has 0 fully saturated rings. The topological polar surface area (TPSA) is 110 Å². The first-order valence-electron chi connectivity index (χ1n) is 6.71. The van der Waals surface area contributed by atoms with Gasteiger partial charge in [-0.1, -0.05) is 0 Å². The third-order valence-corrected chi connectivity index (χ3v) is 3.11. The minimum atomic E-state index is -1.36. The molecule has 1 amide bonds. The van der Waals surface area contributed by atoms with Gasteiger partial charge in [-0.2, -0.15) is 0 Å². The van der Waals surface area contributed by atoms with Crippen molar-refractivity contribution in [1.29, 1.82) is 0 Å². The van der Waals surface area contributed by atoms with Crippen LogP contribution in [0.3, 0.4) is 0 Å². The summed E-state index contributed by atoms with van der Waals surface area (Å²) in [7, 11) is 0. The summed E-state index contributed by atoms with van der Waals surface area (Å²) in [6, 6.07) is 6.04. The molecule has 120 valence electrons. The lowest BCUT2D eigenvalue weighted by molar-refractivity contribution is 0.0697. The fraction of sp³-hybridized carbons (Fsp3) is 0. The number of carboxylic acids is 1. The van der Waals surface area contributed by atoms with E-state index in [1.165, 1.54) is 18.5 Å². The Labute approximate surface area is 134 Å². The number of carbonyl (C=O) groups is 2. The molecule has 0 aliphatic heterocycles. The van der Waals surface area contributed by atoms with Crippen LogP contribution in [0.5, 0.6) is 0 Å². The van der Waals surface area contributed by atoms with Crippen molar-refractivity contribution < 1.29 is 19.1 Å². The van der Waals surface area contributed by atoms with Gasteiger partial charge in [0, 0.05) is 12.4 Å². The van der Waals surface area contributed by atoms with Crippen LogP contribution in [-0.4, -0.2) is 36.7 Å². The predicted molar refractivity (Wildman–Crippen MR) is 80.5 cm³/mol. The molecule has 24 heavy (non-hydrogen) atoms. The second-order valence-electron chi connectivity index (χ2n) is 4.70. The van der Waals surface area contributed by atoms with Crippen LogP contribution >= 0.6 is 0 Å². The zero-order valence-corrected chi connectivity index (χ0v) is 12.0. The standard InChI is InChI=1S/C15H10FN5O3/c16-9-1-2-11(10(7-9)15(23)24)18-14(22)12-3-4-13(20-19-12)21-6-5-17-8-21/h1-8H,(H,18,22)(H,23,24). The molecule has 8 nitrogen and oxygen atoms in total. The van der Waals surface area contributed by atoms with Crippen molar-refractivity contribution in [3.05, 3.63) is 66.1 Å². The van der Waals surface area contributed by atoms with E-state index >= 15 is 0 Å². The molecule has 0 saturated carbocycles. The zero-order valence-electron chi connectivity index (χ0n) is 12.0. The third kappa shape index (κ3) is 3.09. The number of halogens is 1. The summed E-state index contributed by atoms with van der Waals surface area (Å²) in [6.45, 7) is 0. The van der Waals surface area contributed by atoms with Gasteiger partial charge in [-0.25, -0.2) is 14.2 Å². The first-order chi connectivity index (χ1) is 11.5. The number of aromatic nitrogens is 4. The number of nitrogens with zero attached hydrogens (tertiary/aromatic N) is 4. The minimum absolute atomic E-state index is 0.0143. The first-order valence-corrected chi connectivity index (χ1v) is 6.71. The summed E-state index contributed by atoms with van der Waals surface area (Å²) in [5.74, 6) is -2.26. The second kappa shape index (κ2) is 6.24. The van der Waals surface area contributed by atoms with Crippen LogP contribution in [0, 0.1) is 5.82 Å². The number of benzene rings is 1. The summed E-state index contributed by atoms with van der Waals surface area (Å²) in [5, 5.41) is 19.1. The molecule has 3 aromatic rings. The van der Waals surface area contributed by atoms with Gasteiger partial charge in [-0.05, 0) is 30.3 Å². The molecule has 0 saturated heterocycles. The van der Waals surface area contributed by atoms with Crippen LogP contribution in [0.2, 0.25) is 0 Å². The number of rotatable bonds is 4. The van der Waals surface area contributed by atoms with Crippen molar-refractivity contribution >= 4 is 17.6 Å². The van der Waals surface area contributed by atoms with E-state index in [1.807, 2.05) is 0 Å². The van der Waals surface area contributed by atoms with Crippen LogP contribution in [0.25, 0.3) is 5.82 Å². The summed E-state index contributed by atoms with van der Waals surface area (Å²) >= 11 is 0. The lowest BCUT2D eigenvalue weighted by Crippen LogP contribution is -2.17. The molecule has 1 aromatic carbocycles. The fourth-order valence-electron chi connectivity index (χ4n) is 1.97. The monoisotopic (exact) mass is 327 g/mol. The van der Waals surface area contributed by atoms with Crippen molar-refractivity contribution in [2.75, 3.05) is 5.32 Å². The molecular formula is C15H10FN5O3. The normalized spacial score (nSPS) is 10.4. The van der Waals surface area contributed by atoms with E-state index in [-0.39, 0.29) is 16.9 Å². The fourth-order valence-corrected chi connectivity index (χ4v) is 1.97. The van der Waals surface area contributed by atoms with E-state index in [0.29, 0.717) is 5.82 Å². The quantitative estimate of drug-likeness (QED) is 0.755. The Morgan fingerprint density at radius 2 is 2.00 bits per heavy atom. The summed E-state index contributed by atoms with van der Waals surface area (Å²) in [4.78, 5) is 27.1. The molecule has 3 rings (SSSR count). The maximum atomic E-state index is 13.1. The van der Waals surface area contributed by atoms with E-state index in [2.05, 4.69) is 20.5 Å². The van der Waals surface area contributed by atoms with Crippen molar-refractivity contribution in [1.82, 2.24) is 19.7 Å². The van der Waals surface area contributed by atoms with E-state index in [0.717, 1.165) is 12.1 Å². The number of carboxylic acid groups (broad SMARTS) is 1. The highest BCUT2D eigenvalue weighted by Gasteiger charge is 2.16. The lowest BCUT2D eigenvalue weighted by Gasteiger charge is -2.08. The molecule has 9 heteroatoms. The number of hydrogen-bond donors (Lipinski definition) is 2. The molecular weight excluding hydrogens is 317 g/mol. The smallest absolute Gasteiger partial charge is 0.337 e. The van der Waals surface area contributed by atoms with E-state index in [1.54, 1.807) is 23.0 Å². The number of hydrogen-bond acceptors (Lipinski definition) is 5. The molecule has 0 aliphatic rings. The van der Waals surface area contributed by atoms with E-state index in [4.69, 9.17) is 5.11 Å². The third-order valence-electron chi connectivity index (χ3n) is 3.11. The maximum Gasteiger partial charge on any atom is 0.337 e.